The summed E-state index contributed by atoms with van der Waals surface area (Å²) >= 11 is 8.93. The molecule has 14 heavy (non-hydrogen) atoms. The average molecular weight is 276 g/mol. The van der Waals surface area contributed by atoms with Gasteiger partial charge in [0.15, 0.2) is 5.15 Å². The molecular weight excluding hydrogens is 270 g/mol. The van der Waals surface area contributed by atoms with Crippen molar-refractivity contribution in [2.45, 2.75) is 6.92 Å². The van der Waals surface area contributed by atoms with Crippen molar-refractivity contribution in [2.75, 3.05) is 0 Å². The Bertz CT molecular complexity index is 469. The van der Waals surface area contributed by atoms with Crippen molar-refractivity contribution in [1.29, 1.82) is 0 Å². The minimum atomic E-state index is -0.329. The van der Waals surface area contributed by atoms with Gasteiger partial charge in [-0.3, -0.25) is 0 Å². The van der Waals surface area contributed by atoms with Crippen molar-refractivity contribution in [2.24, 2.45) is 0 Å². The van der Waals surface area contributed by atoms with Crippen molar-refractivity contribution < 1.29 is 4.39 Å². The van der Waals surface area contributed by atoms with E-state index in [0.29, 0.717) is 20.9 Å². The van der Waals surface area contributed by atoms with Crippen LogP contribution >= 0.6 is 27.5 Å². The third kappa shape index (κ3) is 1.48. The minimum Gasteiger partial charge on any atom is -0.206 e. The predicted molar refractivity (Wildman–Crippen MR) is 56.9 cm³/mol. The lowest BCUT2D eigenvalue weighted by atomic mass is 10.1. The Morgan fingerprint density at radius 2 is 2.00 bits per heavy atom. The van der Waals surface area contributed by atoms with E-state index in [9.17, 15) is 4.39 Å². The molecule has 0 amide bonds. The first kappa shape index (κ1) is 9.80. The Balaban J connectivity index is 2.94. The Morgan fingerprint density at radius 3 is 2.71 bits per heavy atom. The Labute approximate surface area is 93.2 Å². The smallest absolute Gasteiger partial charge is 0.159 e. The summed E-state index contributed by atoms with van der Waals surface area (Å²) in [7, 11) is 0. The van der Waals surface area contributed by atoms with E-state index in [1.54, 1.807) is 13.0 Å². The molecule has 0 spiro atoms. The highest BCUT2D eigenvalue weighted by Crippen LogP contribution is 2.28. The SMILES string of the molecule is Cc1nnc(Cl)c2cc(Br)c(F)cc12. The highest BCUT2D eigenvalue weighted by molar-refractivity contribution is 9.10. The van der Waals surface area contributed by atoms with Gasteiger partial charge in [-0.15, -0.1) is 5.10 Å². The number of aryl methyl sites for hydroxylation is 1. The van der Waals surface area contributed by atoms with Gasteiger partial charge in [0.2, 0.25) is 0 Å². The molecule has 0 unspecified atom stereocenters. The van der Waals surface area contributed by atoms with Gasteiger partial charge >= 0.3 is 0 Å². The number of hydrogen-bond acceptors (Lipinski definition) is 2. The van der Waals surface area contributed by atoms with Gasteiger partial charge in [0.1, 0.15) is 5.82 Å². The van der Waals surface area contributed by atoms with Crippen LogP contribution in [0.15, 0.2) is 16.6 Å². The quantitative estimate of drug-likeness (QED) is 0.735. The maximum absolute atomic E-state index is 13.2. The van der Waals surface area contributed by atoms with Crippen LogP contribution in [0.2, 0.25) is 5.15 Å². The van der Waals surface area contributed by atoms with E-state index in [2.05, 4.69) is 26.1 Å². The fourth-order valence-electron chi connectivity index (χ4n) is 1.24. The molecule has 0 N–H and O–H groups in total. The van der Waals surface area contributed by atoms with Crippen molar-refractivity contribution in [3.05, 3.63) is 33.3 Å². The Hall–Kier alpha value is -0.740. The number of halogens is 3. The van der Waals surface area contributed by atoms with Gasteiger partial charge in [-0.2, -0.15) is 5.10 Å². The molecule has 1 aromatic heterocycles. The van der Waals surface area contributed by atoms with Gasteiger partial charge in [-0.05, 0) is 35.0 Å². The van der Waals surface area contributed by atoms with Crippen molar-refractivity contribution in [3.63, 3.8) is 0 Å². The van der Waals surface area contributed by atoms with Crippen LogP contribution in [0, 0.1) is 12.7 Å². The zero-order valence-electron chi connectivity index (χ0n) is 7.18. The second-order valence-corrected chi connectivity index (χ2v) is 4.10. The molecule has 1 aromatic carbocycles. The fraction of sp³-hybridized carbons (Fsp3) is 0.111. The van der Waals surface area contributed by atoms with Gasteiger partial charge in [0.05, 0.1) is 10.2 Å². The van der Waals surface area contributed by atoms with Crippen LogP contribution < -0.4 is 0 Å². The number of aromatic nitrogens is 2. The first-order chi connectivity index (χ1) is 6.59. The molecule has 5 heteroatoms. The van der Waals surface area contributed by atoms with Crippen LogP contribution in [0.5, 0.6) is 0 Å². The molecular formula is C9H5BrClFN2. The van der Waals surface area contributed by atoms with Crippen LogP contribution in [-0.4, -0.2) is 10.2 Å². The zero-order valence-corrected chi connectivity index (χ0v) is 9.52. The van der Waals surface area contributed by atoms with E-state index in [1.807, 2.05) is 0 Å². The van der Waals surface area contributed by atoms with Gasteiger partial charge in [-0.1, -0.05) is 11.6 Å². The van der Waals surface area contributed by atoms with Crippen LogP contribution in [0.25, 0.3) is 10.8 Å². The normalized spacial score (nSPS) is 10.9. The molecule has 0 fully saturated rings. The van der Waals surface area contributed by atoms with Crippen LogP contribution in [0.4, 0.5) is 4.39 Å². The fourth-order valence-corrected chi connectivity index (χ4v) is 1.78. The van der Waals surface area contributed by atoms with E-state index in [0.717, 1.165) is 0 Å². The van der Waals surface area contributed by atoms with Gasteiger partial charge in [-0.25, -0.2) is 4.39 Å². The number of benzene rings is 1. The number of nitrogens with zero attached hydrogens (tertiary/aromatic N) is 2. The van der Waals surface area contributed by atoms with E-state index in [4.69, 9.17) is 11.6 Å². The molecule has 2 aromatic rings. The molecule has 0 atom stereocenters. The molecule has 0 saturated carbocycles. The standard InChI is InChI=1S/C9H5BrClFN2/c1-4-5-3-8(12)7(10)2-6(5)9(11)14-13-4/h2-3H,1H3. The first-order valence-corrected chi connectivity index (χ1v) is 5.04. The summed E-state index contributed by atoms with van der Waals surface area (Å²) in [5, 5.41) is 9.23. The van der Waals surface area contributed by atoms with Crippen molar-refractivity contribution in [1.82, 2.24) is 10.2 Å². The van der Waals surface area contributed by atoms with Crippen molar-refractivity contribution in [3.8, 4) is 0 Å². The molecule has 2 rings (SSSR count). The number of fused-ring (bicyclic) bond motifs is 1. The van der Waals surface area contributed by atoms with E-state index in [1.165, 1.54) is 6.07 Å². The summed E-state index contributed by atoms with van der Waals surface area (Å²) in [6.07, 6.45) is 0. The van der Waals surface area contributed by atoms with E-state index in [-0.39, 0.29) is 11.0 Å². The molecule has 0 bridgehead atoms. The molecule has 0 radical (unpaired) electrons. The number of hydrogen-bond donors (Lipinski definition) is 0. The molecule has 2 nitrogen and oxygen atoms in total. The monoisotopic (exact) mass is 274 g/mol. The second kappa shape index (κ2) is 3.44. The van der Waals surface area contributed by atoms with Crippen molar-refractivity contribution >= 4 is 38.3 Å². The van der Waals surface area contributed by atoms with Crippen LogP contribution in [-0.2, 0) is 0 Å². The highest BCUT2D eigenvalue weighted by Gasteiger charge is 2.08. The topological polar surface area (TPSA) is 25.8 Å². The summed E-state index contributed by atoms with van der Waals surface area (Å²) < 4.78 is 13.6. The highest BCUT2D eigenvalue weighted by atomic mass is 79.9. The molecule has 0 aliphatic heterocycles. The summed E-state index contributed by atoms with van der Waals surface area (Å²) in [6, 6.07) is 3.00. The third-order valence-electron chi connectivity index (χ3n) is 1.96. The third-order valence-corrected chi connectivity index (χ3v) is 2.85. The molecule has 72 valence electrons. The minimum absolute atomic E-state index is 0.284. The van der Waals surface area contributed by atoms with E-state index >= 15 is 0 Å². The van der Waals surface area contributed by atoms with Gasteiger partial charge in [0.25, 0.3) is 0 Å². The molecule has 1 heterocycles. The zero-order chi connectivity index (χ0) is 10.3. The Morgan fingerprint density at radius 1 is 1.29 bits per heavy atom. The average Bonchev–Trinajstić information content (AvgIpc) is 2.15. The second-order valence-electron chi connectivity index (χ2n) is 2.89. The lowest BCUT2D eigenvalue weighted by Gasteiger charge is -2.03. The van der Waals surface area contributed by atoms with E-state index < -0.39 is 0 Å². The van der Waals surface area contributed by atoms with Gasteiger partial charge in [0, 0.05) is 10.8 Å². The maximum Gasteiger partial charge on any atom is 0.159 e. The summed E-state index contributed by atoms with van der Waals surface area (Å²) in [6.45, 7) is 1.76. The number of rotatable bonds is 0. The maximum atomic E-state index is 13.2. The summed E-state index contributed by atoms with van der Waals surface area (Å²) in [5.74, 6) is -0.329. The summed E-state index contributed by atoms with van der Waals surface area (Å²) in [5.41, 5.74) is 0.663. The molecule has 0 saturated heterocycles. The molecule has 0 aliphatic rings. The first-order valence-electron chi connectivity index (χ1n) is 3.87. The largest absolute Gasteiger partial charge is 0.206 e. The molecule has 0 aliphatic carbocycles. The van der Waals surface area contributed by atoms with Gasteiger partial charge < -0.3 is 0 Å². The van der Waals surface area contributed by atoms with Crippen LogP contribution in [0.3, 0.4) is 0 Å². The Kier molecular flexibility index (Phi) is 2.41. The summed E-state index contributed by atoms with van der Waals surface area (Å²) in [4.78, 5) is 0. The van der Waals surface area contributed by atoms with Crippen LogP contribution in [0.1, 0.15) is 5.69 Å². The lowest BCUT2D eigenvalue weighted by Crippen LogP contribution is -1.91. The lowest BCUT2D eigenvalue weighted by molar-refractivity contribution is 0.623. The predicted octanol–water partition coefficient (Wildman–Crippen LogP) is 3.49.